The van der Waals surface area contributed by atoms with Crippen molar-refractivity contribution in [3.05, 3.63) is 23.8 Å². The van der Waals surface area contributed by atoms with Crippen LogP contribution in [0.2, 0.25) is 0 Å². The molecule has 1 aliphatic rings. The van der Waals surface area contributed by atoms with Crippen LogP contribution < -0.4 is 20.5 Å². The summed E-state index contributed by atoms with van der Waals surface area (Å²) in [6, 6.07) is 5.92. The van der Waals surface area contributed by atoms with E-state index in [9.17, 15) is 0 Å². The molecule has 0 radical (unpaired) electrons. The molecule has 6 heteroatoms. The quantitative estimate of drug-likeness (QED) is 0.348. The Morgan fingerprint density at radius 1 is 1.32 bits per heavy atom. The van der Waals surface area contributed by atoms with Gasteiger partial charge in [-0.05, 0) is 44.1 Å². The molecule has 0 amide bonds. The number of nitrogens with two attached hydrogens (primary N) is 1. The van der Waals surface area contributed by atoms with Crippen LogP contribution in [0.15, 0.2) is 23.2 Å². The Morgan fingerprint density at radius 2 is 2.04 bits per heavy atom. The number of ether oxygens (including phenoxy) is 2. The van der Waals surface area contributed by atoms with Crippen LogP contribution in [-0.2, 0) is 6.54 Å². The van der Waals surface area contributed by atoms with Gasteiger partial charge in [0.2, 0.25) is 0 Å². The summed E-state index contributed by atoms with van der Waals surface area (Å²) in [5, 5.41) is 3.16. The van der Waals surface area contributed by atoms with Gasteiger partial charge in [0.25, 0.3) is 0 Å². The maximum absolute atomic E-state index is 6.22. The van der Waals surface area contributed by atoms with Gasteiger partial charge < -0.3 is 20.5 Å². The van der Waals surface area contributed by atoms with Gasteiger partial charge in [0.1, 0.15) is 0 Å². The Kier molecular flexibility index (Phi) is 10.0. The smallest absolute Gasteiger partial charge is 0.188 e. The predicted molar refractivity (Wildman–Crippen MR) is 114 cm³/mol. The Balaban J connectivity index is 0.00000312. The van der Waals surface area contributed by atoms with Gasteiger partial charge in [-0.3, -0.25) is 0 Å². The molecule has 1 saturated carbocycles. The lowest BCUT2D eigenvalue weighted by atomic mass is 10.1. The van der Waals surface area contributed by atoms with E-state index in [2.05, 4.69) is 24.2 Å². The van der Waals surface area contributed by atoms with E-state index in [1.54, 1.807) is 7.11 Å². The summed E-state index contributed by atoms with van der Waals surface area (Å²) in [5.74, 6) is 2.70. The van der Waals surface area contributed by atoms with Gasteiger partial charge in [-0.15, -0.1) is 24.0 Å². The average molecular weight is 461 g/mol. The fourth-order valence-electron chi connectivity index (χ4n) is 2.87. The summed E-state index contributed by atoms with van der Waals surface area (Å²) >= 11 is 0. The zero-order valence-corrected chi connectivity index (χ0v) is 17.9. The number of hydrogen-bond donors (Lipinski definition) is 2. The van der Waals surface area contributed by atoms with Crippen LogP contribution in [0.5, 0.6) is 11.5 Å². The number of methoxy groups -OCH3 is 1. The van der Waals surface area contributed by atoms with Gasteiger partial charge in [-0.1, -0.05) is 26.0 Å². The molecule has 0 saturated heterocycles. The van der Waals surface area contributed by atoms with Crippen molar-refractivity contribution in [1.82, 2.24) is 5.32 Å². The van der Waals surface area contributed by atoms with E-state index in [1.807, 2.05) is 18.2 Å². The number of halogens is 1. The van der Waals surface area contributed by atoms with Crippen molar-refractivity contribution < 1.29 is 9.47 Å². The van der Waals surface area contributed by atoms with E-state index in [0.717, 1.165) is 42.9 Å². The lowest BCUT2D eigenvalue weighted by Crippen LogP contribution is -2.32. The summed E-state index contributed by atoms with van der Waals surface area (Å²) in [6.45, 7) is 5.71. The molecule has 25 heavy (non-hydrogen) atoms. The van der Waals surface area contributed by atoms with Gasteiger partial charge in [-0.25, -0.2) is 4.99 Å². The molecule has 0 unspecified atom stereocenters. The molecule has 2 rings (SSSR count). The third-order valence-corrected chi connectivity index (χ3v) is 4.31. The number of nitrogens with zero attached hydrogens (tertiary/aromatic N) is 1. The molecule has 3 N–H and O–H groups in total. The van der Waals surface area contributed by atoms with Crippen molar-refractivity contribution >= 4 is 29.9 Å². The molecular weight excluding hydrogens is 429 g/mol. The molecule has 1 aliphatic carbocycles. The molecule has 1 aromatic rings. The number of nitrogens with one attached hydrogen (secondary N) is 1. The average Bonchev–Trinajstić information content (AvgIpc) is 3.06. The first kappa shape index (κ1) is 21.9. The number of aliphatic imine (C=N–C) groups is 1. The highest BCUT2D eigenvalue weighted by Gasteiger charge is 2.20. The van der Waals surface area contributed by atoms with E-state index in [0.29, 0.717) is 18.4 Å². The molecule has 5 nitrogen and oxygen atoms in total. The second-order valence-corrected chi connectivity index (χ2v) is 6.78. The van der Waals surface area contributed by atoms with Crippen molar-refractivity contribution in [2.24, 2.45) is 16.6 Å². The fourth-order valence-corrected chi connectivity index (χ4v) is 2.87. The monoisotopic (exact) mass is 461 g/mol. The van der Waals surface area contributed by atoms with E-state index in [1.165, 1.54) is 12.8 Å². The largest absolute Gasteiger partial charge is 0.493 e. The first-order valence-corrected chi connectivity index (χ1v) is 8.96. The standard InChI is InChI=1S/C19H31N3O2.HI/c1-14(2)11-12-21-19(20)22-13-15-7-6-10-17(23-3)18(15)24-16-8-4-5-9-16;/h6-7,10,14,16H,4-5,8-9,11-13H2,1-3H3,(H3,20,21,22);1H. The molecule has 0 spiro atoms. The number of rotatable bonds is 8. The molecule has 0 aliphatic heterocycles. The van der Waals surface area contributed by atoms with Gasteiger partial charge in [0.15, 0.2) is 17.5 Å². The highest BCUT2D eigenvalue weighted by atomic mass is 127. The van der Waals surface area contributed by atoms with Crippen LogP contribution in [0.1, 0.15) is 51.5 Å². The number of hydrogen-bond acceptors (Lipinski definition) is 3. The fraction of sp³-hybridized carbons (Fsp3) is 0.632. The molecule has 0 atom stereocenters. The third kappa shape index (κ3) is 7.30. The van der Waals surface area contributed by atoms with E-state index >= 15 is 0 Å². The maximum atomic E-state index is 6.22. The van der Waals surface area contributed by atoms with Crippen molar-refractivity contribution in [3.63, 3.8) is 0 Å². The summed E-state index contributed by atoms with van der Waals surface area (Å²) in [7, 11) is 1.67. The molecule has 1 fully saturated rings. The second-order valence-electron chi connectivity index (χ2n) is 6.78. The predicted octanol–water partition coefficient (Wildman–Crippen LogP) is 4.09. The van der Waals surface area contributed by atoms with Gasteiger partial charge in [0.05, 0.1) is 19.8 Å². The van der Waals surface area contributed by atoms with Gasteiger partial charge in [-0.2, -0.15) is 0 Å². The van der Waals surface area contributed by atoms with E-state index in [4.69, 9.17) is 15.2 Å². The Morgan fingerprint density at radius 3 is 2.68 bits per heavy atom. The SMILES string of the molecule is COc1cccc(CN=C(N)NCCC(C)C)c1OC1CCCC1.I. The second kappa shape index (κ2) is 11.4. The Labute approximate surface area is 168 Å². The maximum Gasteiger partial charge on any atom is 0.188 e. The first-order chi connectivity index (χ1) is 11.6. The highest BCUT2D eigenvalue weighted by molar-refractivity contribution is 14.0. The lowest BCUT2D eigenvalue weighted by Gasteiger charge is -2.18. The van der Waals surface area contributed by atoms with Crippen LogP contribution in [0.4, 0.5) is 0 Å². The minimum atomic E-state index is 0. The number of para-hydroxylation sites is 1. The Bertz CT molecular complexity index is 543. The Hall–Kier alpha value is -1.18. The van der Waals surface area contributed by atoms with Crippen molar-refractivity contribution in [2.75, 3.05) is 13.7 Å². The summed E-state index contributed by atoms with van der Waals surface area (Å²) in [4.78, 5) is 4.45. The zero-order valence-electron chi connectivity index (χ0n) is 15.6. The first-order valence-electron chi connectivity index (χ1n) is 8.96. The number of benzene rings is 1. The minimum absolute atomic E-state index is 0. The van der Waals surface area contributed by atoms with Crippen LogP contribution in [0.3, 0.4) is 0 Å². The van der Waals surface area contributed by atoms with E-state index in [-0.39, 0.29) is 30.1 Å². The summed E-state index contributed by atoms with van der Waals surface area (Å²) in [6.07, 6.45) is 6.05. The molecular formula is C19H32IN3O2. The van der Waals surface area contributed by atoms with Crippen molar-refractivity contribution in [1.29, 1.82) is 0 Å². The normalized spacial score (nSPS) is 15.1. The van der Waals surface area contributed by atoms with Crippen LogP contribution in [-0.4, -0.2) is 25.7 Å². The molecule has 0 heterocycles. The third-order valence-electron chi connectivity index (χ3n) is 4.31. The van der Waals surface area contributed by atoms with Crippen LogP contribution >= 0.6 is 24.0 Å². The lowest BCUT2D eigenvalue weighted by molar-refractivity contribution is 0.198. The molecule has 0 bridgehead atoms. The van der Waals surface area contributed by atoms with Crippen LogP contribution in [0, 0.1) is 5.92 Å². The van der Waals surface area contributed by atoms with Crippen LogP contribution in [0.25, 0.3) is 0 Å². The molecule has 1 aromatic carbocycles. The molecule has 142 valence electrons. The van der Waals surface area contributed by atoms with Crippen molar-refractivity contribution in [3.8, 4) is 11.5 Å². The minimum Gasteiger partial charge on any atom is -0.493 e. The van der Waals surface area contributed by atoms with Crippen molar-refractivity contribution in [2.45, 2.75) is 58.6 Å². The van der Waals surface area contributed by atoms with Gasteiger partial charge in [0, 0.05) is 12.1 Å². The highest BCUT2D eigenvalue weighted by Crippen LogP contribution is 2.35. The summed E-state index contributed by atoms with van der Waals surface area (Å²) < 4.78 is 11.7. The van der Waals surface area contributed by atoms with E-state index < -0.39 is 0 Å². The molecule has 0 aromatic heterocycles. The van der Waals surface area contributed by atoms with Gasteiger partial charge >= 0.3 is 0 Å². The zero-order chi connectivity index (χ0) is 17.4. The summed E-state index contributed by atoms with van der Waals surface area (Å²) in [5.41, 5.74) is 6.97. The topological polar surface area (TPSA) is 68.9 Å². The number of guanidine groups is 1.